The number of nitrogens with one attached hydrogen (secondary N) is 2. The van der Waals surface area contributed by atoms with E-state index >= 15 is 0 Å². The van der Waals surface area contributed by atoms with Gasteiger partial charge in [-0.05, 0) is 49.5 Å². The van der Waals surface area contributed by atoms with Crippen LogP contribution in [-0.4, -0.2) is 42.0 Å². The molecular formula is C22H34N4O2. The zero-order valence-electron chi connectivity index (χ0n) is 17.3. The van der Waals surface area contributed by atoms with Crippen LogP contribution in [0.25, 0.3) is 0 Å². The molecule has 1 saturated heterocycles. The molecule has 0 radical (unpaired) electrons. The van der Waals surface area contributed by atoms with E-state index in [0.29, 0.717) is 30.7 Å². The van der Waals surface area contributed by atoms with Gasteiger partial charge in [0.15, 0.2) is 0 Å². The Labute approximate surface area is 168 Å². The van der Waals surface area contributed by atoms with E-state index < -0.39 is 6.04 Å². The number of aryl methyl sites for hydroxylation is 1. The summed E-state index contributed by atoms with van der Waals surface area (Å²) in [5.41, 5.74) is 8.43. The fraction of sp³-hybridized carbons (Fsp3) is 0.636. The largest absolute Gasteiger partial charge is 0.340 e. The molecule has 0 bridgehead atoms. The zero-order valence-corrected chi connectivity index (χ0v) is 17.3. The van der Waals surface area contributed by atoms with Crippen molar-refractivity contribution in [3.63, 3.8) is 0 Å². The zero-order chi connectivity index (χ0) is 20.3. The Morgan fingerprint density at radius 2 is 1.89 bits per heavy atom. The molecule has 6 heteroatoms. The number of benzene rings is 1. The van der Waals surface area contributed by atoms with E-state index in [1.165, 1.54) is 5.56 Å². The fourth-order valence-electron chi connectivity index (χ4n) is 4.50. The van der Waals surface area contributed by atoms with Crippen molar-refractivity contribution >= 4 is 11.9 Å². The summed E-state index contributed by atoms with van der Waals surface area (Å²) in [6.07, 6.45) is 2.80. The number of carbonyl (C=O) groups excluding carboxylic acids is 2. The highest BCUT2D eigenvalue weighted by molar-refractivity contribution is 5.87. The van der Waals surface area contributed by atoms with Crippen molar-refractivity contribution in [3.8, 4) is 0 Å². The molecule has 28 heavy (non-hydrogen) atoms. The standard InChI is InChI=1S/C22H34N4O2/c1-14(2)10-20(21(27)26-12-17-8-9-19(23)18(17)13-26)25-22(28)24-11-16-6-4-15(3)5-7-16/h4-7,14,17-20H,8-13,23H2,1-3H3,(H2,24,25,28). The van der Waals surface area contributed by atoms with Crippen molar-refractivity contribution in [1.82, 2.24) is 15.5 Å². The Balaban J connectivity index is 1.56. The number of nitrogens with zero attached hydrogens (tertiary/aromatic N) is 1. The van der Waals surface area contributed by atoms with Crippen molar-refractivity contribution in [1.29, 1.82) is 0 Å². The predicted octanol–water partition coefficient (Wildman–Crippen LogP) is 2.40. The Morgan fingerprint density at radius 1 is 1.18 bits per heavy atom. The monoisotopic (exact) mass is 386 g/mol. The molecule has 6 nitrogen and oxygen atoms in total. The molecule has 1 aromatic rings. The van der Waals surface area contributed by atoms with Gasteiger partial charge in [0.25, 0.3) is 0 Å². The average Bonchev–Trinajstić information content (AvgIpc) is 3.22. The van der Waals surface area contributed by atoms with Crippen LogP contribution in [0.4, 0.5) is 4.79 Å². The third-order valence-corrected chi connectivity index (χ3v) is 6.11. The number of rotatable bonds is 6. The normalized spacial score (nSPS) is 24.9. The van der Waals surface area contributed by atoms with E-state index in [-0.39, 0.29) is 18.0 Å². The third-order valence-electron chi connectivity index (χ3n) is 6.11. The van der Waals surface area contributed by atoms with E-state index in [0.717, 1.165) is 31.5 Å². The lowest BCUT2D eigenvalue weighted by Crippen LogP contribution is -2.51. The van der Waals surface area contributed by atoms with Crippen LogP contribution < -0.4 is 16.4 Å². The van der Waals surface area contributed by atoms with Crippen molar-refractivity contribution in [2.75, 3.05) is 13.1 Å². The summed E-state index contributed by atoms with van der Waals surface area (Å²) in [5.74, 6) is 1.28. The molecule has 3 amide bonds. The first-order valence-electron chi connectivity index (χ1n) is 10.5. The van der Waals surface area contributed by atoms with Gasteiger partial charge in [0.2, 0.25) is 5.91 Å². The van der Waals surface area contributed by atoms with Gasteiger partial charge in [-0.15, -0.1) is 0 Å². The smallest absolute Gasteiger partial charge is 0.315 e. The molecule has 1 aliphatic carbocycles. The van der Waals surface area contributed by atoms with Crippen LogP contribution in [0.3, 0.4) is 0 Å². The number of nitrogens with two attached hydrogens (primary N) is 1. The Hall–Kier alpha value is -2.08. The second kappa shape index (κ2) is 8.95. The van der Waals surface area contributed by atoms with Crippen LogP contribution in [-0.2, 0) is 11.3 Å². The number of likely N-dealkylation sites (tertiary alicyclic amines) is 1. The number of fused-ring (bicyclic) bond motifs is 1. The first kappa shape index (κ1) is 20.6. The van der Waals surface area contributed by atoms with E-state index in [1.807, 2.05) is 36.1 Å². The van der Waals surface area contributed by atoms with Gasteiger partial charge in [-0.25, -0.2) is 4.79 Å². The van der Waals surface area contributed by atoms with Gasteiger partial charge in [0.1, 0.15) is 6.04 Å². The average molecular weight is 387 g/mol. The number of hydrogen-bond acceptors (Lipinski definition) is 3. The lowest BCUT2D eigenvalue weighted by molar-refractivity contribution is -0.132. The van der Waals surface area contributed by atoms with Crippen molar-refractivity contribution in [2.45, 2.75) is 58.7 Å². The van der Waals surface area contributed by atoms with Gasteiger partial charge >= 0.3 is 6.03 Å². The van der Waals surface area contributed by atoms with E-state index in [9.17, 15) is 9.59 Å². The summed E-state index contributed by atoms with van der Waals surface area (Å²) in [5, 5.41) is 5.78. The summed E-state index contributed by atoms with van der Waals surface area (Å²) < 4.78 is 0. The fourth-order valence-corrected chi connectivity index (χ4v) is 4.50. The summed E-state index contributed by atoms with van der Waals surface area (Å²) in [6.45, 7) is 8.12. The van der Waals surface area contributed by atoms with Crippen LogP contribution in [0.1, 0.15) is 44.2 Å². The predicted molar refractivity (Wildman–Crippen MR) is 111 cm³/mol. The van der Waals surface area contributed by atoms with Crippen molar-refractivity contribution < 1.29 is 9.59 Å². The summed E-state index contributed by atoms with van der Waals surface area (Å²) in [7, 11) is 0. The molecule has 2 aliphatic rings. The number of urea groups is 1. The van der Waals surface area contributed by atoms with Gasteiger partial charge in [-0.3, -0.25) is 4.79 Å². The van der Waals surface area contributed by atoms with Crippen LogP contribution >= 0.6 is 0 Å². The molecule has 1 heterocycles. The molecule has 3 rings (SSSR count). The van der Waals surface area contributed by atoms with Crippen LogP contribution in [0, 0.1) is 24.7 Å². The van der Waals surface area contributed by atoms with Gasteiger partial charge in [-0.1, -0.05) is 43.7 Å². The number of carbonyl (C=O) groups is 2. The van der Waals surface area contributed by atoms with Crippen molar-refractivity contribution in [3.05, 3.63) is 35.4 Å². The Kier molecular flexibility index (Phi) is 6.60. The molecule has 1 saturated carbocycles. The maximum atomic E-state index is 13.1. The molecular weight excluding hydrogens is 352 g/mol. The quantitative estimate of drug-likeness (QED) is 0.702. The van der Waals surface area contributed by atoms with Crippen LogP contribution in [0.15, 0.2) is 24.3 Å². The maximum Gasteiger partial charge on any atom is 0.315 e. The van der Waals surface area contributed by atoms with E-state index in [4.69, 9.17) is 5.73 Å². The molecule has 1 aromatic carbocycles. The molecule has 1 aliphatic heterocycles. The third kappa shape index (κ3) is 5.04. The van der Waals surface area contributed by atoms with Gasteiger partial charge in [-0.2, -0.15) is 0 Å². The molecule has 4 N–H and O–H groups in total. The summed E-state index contributed by atoms with van der Waals surface area (Å²) in [6, 6.07) is 7.46. The van der Waals surface area contributed by atoms with Crippen molar-refractivity contribution in [2.24, 2.45) is 23.5 Å². The van der Waals surface area contributed by atoms with Crippen LogP contribution in [0.5, 0.6) is 0 Å². The second-order valence-corrected chi connectivity index (χ2v) is 8.90. The Bertz CT molecular complexity index is 688. The Morgan fingerprint density at radius 3 is 2.54 bits per heavy atom. The minimum absolute atomic E-state index is 0.0285. The lowest BCUT2D eigenvalue weighted by Gasteiger charge is -2.26. The van der Waals surface area contributed by atoms with Crippen LogP contribution in [0.2, 0.25) is 0 Å². The molecule has 4 atom stereocenters. The number of hydrogen-bond donors (Lipinski definition) is 3. The first-order chi connectivity index (χ1) is 13.3. The topological polar surface area (TPSA) is 87.5 Å². The van der Waals surface area contributed by atoms with E-state index in [2.05, 4.69) is 24.5 Å². The highest BCUT2D eigenvalue weighted by Gasteiger charge is 2.43. The molecule has 0 aromatic heterocycles. The minimum Gasteiger partial charge on any atom is -0.340 e. The van der Waals surface area contributed by atoms with Gasteiger partial charge in [0.05, 0.1) is 0 Å². The summed E-state index contributed by atoms with van der Waals surface area (Å²) in [4.78, 5) is 27.5. The molecule has 2 fully saturated rings. The van der Waals surface area contributed by atoms with Gasteiger partial charge in [0, 0.05) is 25.7 Å². The minimum atomic E-state index is -0.493. The summed E-state index contributed by atoms with van der Waals surface area (Å²) >= 11 is 0. The maximum absolute atomic E-state index is 13.1. The lowest BCUT2D eigenvalue weighted by atomic mass is 9.98. The molecule has 154 valence electrons. The number of amides is 3. The SMILES string of the molecule is Cc1ccc(CNC(=O)NC(CC(C)C)C(=O)N2CC3CCC(N)C3C2)cc1. The van der Waals surface area contributed by atoms with E-state index in [1.54, 1.807) is 0 Å². The molecule has 0 spiro atoms. The highest BCUT2D eigenvalue weighted by atomic mass is 16.2. The second-order valence-electron chi connectivity index (χ2n) is 8.90. The highest BCUT2D eigenvalue weighted by Crippen LogP contribution is 2.37. The first-order valence-corrected chi connectivity index (χ1v) is 10.5. The van der Waals surface area contributed by atoms with Gasteiger partial charge < -0.3 is 21.3 Å². The molecule has 4 unspecified atom stereocenters.